The van der Waals surface area contributed by atoms with E-state index in [9.17, 15) is 4.79 Å². The molecule has 82 valence electrons. The third-order valence-corrected chi connectivity index (χ3v) is 2.56. The van der Waals surface area contributed by atoms with Gasteiger partial charge in [0.25, 0.3) is 0 Å². The van der Waals surface area contributed by atoms with E-state index in [1.807, 2.05) is 13.8 Å². The second kappa shape index (κ2) is 5.32. The number of rotatable bonds is 3. The van der Waals surface area contributed by atoms with E-state index >= 15 is 0 Å². The normalized spacial score (nSPS) is 20.9. The van der Waals surface area contributed by atoms with Crippen LogP contribution in [0.4, 0.5) is 0 Å². The number of piperidine rings is 1. The minimum absolute atomic E-state index is 0.0635. The first-order valence-electron chi connectivity index (χ1n) is 5.28. The monoisotopic (exact) mass is 200 g/mol. The van der Waals surface area contributed by atoms with Gasteiger partial charge in [-0.2, -0.15) is 0 Å². The molecule has 0 aromatic carbocycles. The Morgan fingerprint density at radius 1 is 1.43 bits per heavy atom. The topological polar surface area (TPSA) is 64.4 Å². The molecule has 0 aromatic heterocycles. The van der Waals surface area contributed by atoms with Gasteiger partial charge < -0.3 is 15.8 Å². The highest BCUT2D eigenvalue weighted by molar-refractivity contribution is 5.75. The van der Waals surface area contributed by atoms with Crippen LogP contribution in [-0.4, -0.2) is 31.2 Å². The SMILES string of the molecule is CC(C)[C@H](N)C(=O)OC1CCNCC1. The van der Waals surface area contributed by atoms with E-state index < -0.39 is 6.04 Å². The van der Waals surface area contributed by atoms with E-state index in [-0.39, 0.29) is 18.0 Å². The number of hydrogen-bond donors (Lipinski definition) is 2. The second-order valence-corrected chi connectivity index (χ2v) is 4.16. The summed E-state index contributed by atoms with van der Waals surface area (Å²) >= 11 is 0. The van der Waals surface area contributed by atoms with Crippen molar-refractivity contribution < 1.29 is 9.53 Å². The lowest BCUT2D eigenvalue weighted by molar-refractivity contribution is -0.152. The Hall–Kier alpha value is -0.610. The van der Waals surface area contributed by atoms with Crippen LogP contribution in [0.2, 0.25) is 0 Å². The molecular formula is C10H20N2O2. The minimum Gasteiger partial charge on any atom is -0.461 e. The summed E-state index contributed by atoms with van der Waals surface area (Å²) in [5.41, 5.74) is 5.69. The summed E-state index contributed by atoms with van der Waals surface area (Å²) in [6.07, 6.45) is 1.86. The lowest BCUT2D eigenvalue weighted by atomic mass is 10.1. The lowest BCUT2D eigenvalue weighted by Gasteiger charge is -2.25. The van der Waals surface area contributed by atoms with Gasteiger partial charge in [-0.05, 0) is 31.8 Å². The Morgan fingerprint density at radius 2 is 2.00 bits per heavy atom. The summed E-state index contributed by atoms with van der Waals surface area (Å²) in [6.45, 7) is 5.70. The molecule has 0 bridgehead atoms. The fraction of sp³-hybridized carbons (Fsp3) is 0.900. The van der Waals surface area contributed by atoms with Crippen LogP contribution in [0.3, 0.4) is 0 Å². The molecule has 0 radical (unpaired) electrons. The second-order valence-electron chi connectivity index (χ2n) is 4.16. The van der Waals surface area contributed by atoms with Gasteiger partial charge in [-0.15, -0.1) is 0 Å². The van der Waals surface area contributed by atoms with Gasteiger partial charge >= 0.3 is 5.97 Å². The van der Waals surface area contributed by atoms with Gasteiger partial charge in [-0.3, -0.25) is 4.79 Å². The molecule has 0 amide bonds. The Balaban J connectivity index is 2.31. The van der Waals surface area contributed by atoms with Gasteiger partial charge in [-0.1, -0.05) is 13.8 Å². The van der Waals surface area contributed by atoms with Crippen LogP contribution in [0, 0.1) is 5.92 Å². The van der Waals surface area contributed by atoms with Crippen molar-refractivity contribution >= 4 is 5.97 Å². The van der Waals surface area contributed by atoms with Crippen molar-refractivity contribution in [1.82, 2.24) is 5.32 Å². The van der Waals surface area contributed by atoms with Gasteiger partial charge in [0.05, 0.1) is 0 Å². The molecule has 1 fully saturated rings. The number of esters is 1. The van der Waals surface area contributed by atoms with Crippen molar-refractivity contribution in [1.29, 1.82) is 0 Å². The lowest BCUT2D eigenvalue weighted by Crippen LogP contribution is -2.41. The van der Waals surface area contributed by atoms with E-state index in [4.69, 9.17) is 10.5 Å². The predicted molar refractivity (Wildman–Crippen MR) is 54.8 cm³/mol. The van der Waals surface area contributed by atoms with Crippen LogP contribution in [0.25, 0.3) is 0 Å². The Kier molecular flexibility index (Phi) is 4.35. The van der Waals surface area contributed by atoms with E-state index in [1.165, 1.54) is 0 Å². The predicted octanol–water partition coefficient (Wildman–Crippen LogP) is 0.265. The van der Waals surface area contributed by atoms with Crippen LogP contribution < -0.4 is 11.1 Å². The zero-order valence-corrected chi connectivity index (χ0v) is 8.95. The number of nitrogens with one attached hydrogen (secondary N) is 1. The van der Waals surface area contributed by atoms with Gasteiger partial charge in [0, 0.05) is 0 Å². The number of carbonyl (C=O) groups is 1. The van der Waals surface area contributed by atoms with Crippen molar-refractivity contribution in [2.45, 2.75) is 38.8 Å². The summed E-state index contributed by atoms with van der Waals surface area (Å²) in [6, 6.07) is -0.482. The highest BCUT2D eigenvalue weighted by Crippen LogP contribution is 2.10. The van der Waals surface area contributed by atoms with Crippen LogP contribution >= 0.6 is 0 Å². The van der Waals surface area contributed by atoms with Gasteiger partial charge in [0.2, 0.25) is 0 Å². The number of hydrogen-bond acceptors (Lipinski definition) is 4. The molecule has 0 unspecified atom stereocenters. The quantitative estimate of drug-likeness (QED) is 0.642. The largest absolute Gasteiger partial charge is 0.461 e. The maximum absolute atomic E-state index is 11.5. The highest BCUT2D eigenvalue weighted by atomic mass is 16.5. The Bertz CT molecular complexity index is 189. The van der Waals surface area contributed by atoms with Crippen molar-refractivity contribution in [2.75, 3.05) is 13.1 Å². The summed E-state index contributed by atoms with van der Waals surface area (Å²) < 4.78 is 5.31. The Morgan fingerprint density at radius 3 is 2.50 bits per heavy atom. The molecule has 1 aliphatic rings. The zero-order valence-electron chi connectivity index (χ0n) is 8.95. The third-order valence-electron chi connectivity index (χ3n) is 2.56. The first kappa shape index (κ1) is 11.5. The van der Waals surface area contributed by atoms with E-state index in [0.717, 1.165) is 25.9 Å². The molecule has 0 aromatic rings. The van der Waals surface area contributed by atoms with Crippen molar-refractivity contribution in [3.8, 4) is 0 Å². The molecule has 4 nitrogen and oxygen atoms in total. The molecular weight excluding hydrogens is 180 g/mol. The molecule has 1 saturated heterocycles. The molecule has 4 heteroatoms. The molecule has 3 N–H and O–H groups in total. The number of ether oxygens (including phenoxy) is 1. The first-order chi connectivity index (χ1) is 6.61. The summed E-state index contributed by atoms with van der Waals surface area (Å²) in [5, 5.41) is 3.22. The molecule has 0 aliphatic carbocycles. The van der Waals surface area contributed by atoms with Crippen LogP contribution in [0.1, 0.15) is 26.7 Å². The highest BCUT2D eigenvalue weighted by Gasteiger charge is 2.23. The average molecular weight is 200 g/mol. The molecule has 0 spiro atoms. The maximum atomic E-state index is 11.5. The molecule has 1 rings (SSSR count). The first-order valence-corrected chi connectivity index (χ1v) is 5.28. The summed E-state index contributed by atoms with van der Waals surface area (Å²) in [7, 11) is 0. The Labute approximate surface area is 85.2 Å². The number of nitrogens with two attached hydrogens (primary N) is 1. The average Bonchev–Trinajstić information content (AvgIpc) is 2.18. The van der Waals surface area contributed by atoms with Crippen LogP contribution in [-0.2, 0) is 9.53 Å². The standard InChI is InChI=1S/C10H20N2O2/c1-7(2)9(11)10(13)14-8-3-5-12-6-4-8/h7-9,12H,3-6,11H2,1-2H3/t9-/m0/s1. The molecule has 1 atom stereocenters. The zero-order chi connectivity index (χ0) is 10.6. The summed E-state index contributed by atoms with van der Waals surface area (Å²) in [5.74, 6) is -0.115. The minimum atomic E-state index is -0.482. The summed E-state index contributed by atoms with van der Waals surface area (Å²) in [4.78, 5) is 11.5. The van der Waals surface area contributed by atoms with Crippen molar-refractivity contribution in [3.63, 3.8) is 0 Å². The number of carbonyl (C=O) groups excluding carboxylic acids is 1. The maximum Gasteiger partial charge on any atom is 0.323 e. The fourth-order valence-corrected chi connectivity index (χ4v) is 1.43. The van der Waals surface area contributed by atoms with Crippen LogP contribution in [0.15, 0.2) is 0 Å². The van der Waals surface area contributed by atoms with Gasteiger partial charge in [0.1, 0.15) is 12.1 Å². The van der Waals surface area contributed by atoms with Crippen molar-refractivity contribution in [3.05, 3.63) is 0 Å². The van der Waals surface area contributed by atoms with Gasteiger partial charge in [0.15, 0.2) is 0 Å². The van der Waals surface area contributed by atoms with Crippen molar-refractivity contribution in [2.24, 2.45) is 11.7 Å². The molecule has 1 heterocycles. The van der Waals surface area contributed by atoms with E-state index in [0.29, 0.717) is 0 Å². The third kappa shape index (κ3) is 3.27. The van der Waals surface area contributed by atoms with E-state index in [1.54, 1.807) is 0 Å². The van der Waals surface area contributed by atoms with Gasteiger partial charge in [-0.25, -0.2) is 0 Å². The smallest absolute Gasteiger partial charge is 0.323 e. The molecule has 14 heavy (non-hydrogen) atoms. The van der Waals surface area contributed by atoms with E-state index in [2.05, 4.69) is 5.32 Å². The van der Waals surface area contributed by atoms with Crippen LogP contribution in [0.5, 0.6) is 0 Å². The molecule has 1 aliphatic heterocycles. The molecule has 0 saturated carbocycles. The fourth-order valence-electron chi connectivity index (χ4n) is 1.43.